The van der Waals surface area contributed by atoms with Gasteiger partial charge in [0.25, 0.3) is 0 Å². The summed E-state index contributed by atoms with van der Waals surface area (Å²) in [6.07, 6.45) is 0.437. The van der Waals surface area contributed by atoms with E-state index >= 15 is 0 Å². The lowest BCUT2D eigenvalue weighted by atomic mass is 9.82. The lowest BCUT2D eigenvalue weighted by molar-refractivity contribution is -0.163. The first-order valence-electron chi connectivity index (χ1n) is 8.52. The van der Waals surface area contributed by atoms with E-state index in [0.29, 0.717) is 11.3 Å². The second-order valence-electron chi connectivity index (χ2n) is 6.78. The largest absolute Gasteiger partial charge is 0.508 e. The van der Waals surface area contributed by atoms with Crippen LogP contribution in [0.1, 0.15) is 31.4 Å². The van der Waals surface area contributed by atoms with Crippen molar-refractivity contribution < 1.29 is 24.2 Å². The zero-order valence-electron chi connectivity index (χ0n) is 15.1. The quantitative estimate of drug-likeness (QED) is 0.643. The molecule has 1 atom stereocenters. The summed E-state index contributed by atoms with van der Waals surface area (Å²) in [5.74, 6) is 0.271. The summed E-state index contributed by atoms with van der Waals surface area (Å²) in [5, 5.41) is 20.1. The number of aromatic hydroxyl groups is 1. The Morgan fingerprint density at radius 2 is 1.93 bits per heavy atom. The molecular formula is C21H21NO5. The number of oxazole rings is 1. The van der Waals surface area contributed by atoms with Crippen LogP contribution in [-0.4, -0.2) is 21.2 Å². The van der Waals surface area contributed by atoms with Gasteiger partial charge in [0.2, 0.25) is 5.89 Å². The summed E-state index contributed by atoms with van der Waals surface area (Å²) in [6.45, 7) is 3.02. The smallest absolute Gasteiger partial charge is 0.315 e. The molecule has 0 aliphatic carbocycles. The normalized spacial score (nSPS) is 12.6. The molecule has 0 fully saturated rings. The number of rotatable bonds is 6. The molecule has 140 valence electrons. The SMILES string of the molecule is CC(C)(C(=O)OCc1ncc(-c2ccccc2)o1)[C@@H](O)c1cccc(O)c1. The third-order valence-corrected chi connectivity index (χ3v) is 4.33. The number of hydrogen-bond acceptors (Lipinski definition) is 6. The van der Waals surface area contributed by atoms with Gasteiger partial charge in [-0.1, -0.05) is 42.5 Å². The molecule has 0 saturated carbocycles. The van der Waals surface area contributed by atoms with Crippen LogP contribution in [0.25, 0.3) is 11.3 Å². The van der Waals surface area contributed by atoms with Crippen LogP contribution >= 0.6 is 0 Å². The van der Waals surface area contributed by atoms with Gasteiger partial charge in [0.15, 0.2) is 12.4 Å². The highest BCUT2D eigenvalue weighted by Gasteiger charge is 2.38. The van der Waals surface area contributed by atoms with Gasteiger partial charge in [-0.05, 0) is 31.5 Å². The van der Waals surface area contributed by atoms with E-state index in [4.69, 9.17) is 9.15 Å². The van der Waals surface area contributed by atoms with Crippen molar-refractivity contribution in [2.75, 3.05) is 0 Å². The van der Waals surface area contributed by atoms with E-state index in [1.165, 1.54) is 12.1 Å². The molecule has 3 aromatic rings. The van der Waals surface area contributed by atoms with Gasteiger partial charge in [0.05, 0.1) is 17.7 Å². The van der Waals surface area contributed by atoms with Crippen LogP contribution in [0, 0.1) is 5.41 Å². The van der Waals surface area contributed by atoms with Crippen LogP contribution in [0.2, 0.25) is 0 Å². The lowest BCUT2D eigenvalue weighted by Crippen LogP contribution is -2.33. The first-order chi connectivity index (χ1) is 12.9. The number of phenols is 1. The third-order valence-electron chi connectivity index (χ3n) is 4.33. The Balaban J connectivity index is 1.65. The number of benzene rings is 2. The van der Waals surface area contributed by atoms with Crippen LogP contribution in [0.5, 0.6) is 5.75 Å². The van der Waals surface area contributed by atoms with Crippen molar-refractivity contribution >= 4 is 5.97 Å². The zero-order chi connectivity index (χ0) is 19.4. The van der Waals surface area contributed by atoms with E-state index in [0.717, 1.165) is 5.56 Å². The van der Waals surface area contributed by atoms with Gasteiger partial charge < -0.3 is 19.4 Å². The molecule has 0 amide bonds. The average molecular weight is 367 g/mol. The summed E-state index contributed by atoms with van der Waals surface area (Å²) >= 11 is 0. The van der Waals surface area contributed by atoms with Gasteiger partial charge in [-0.15, -0.1) is 0 Å². The molecule has 0 aliphatic heterocycles. The fourth-order valence-corrected chi connectivity index (χ4v) is 2.65. The average Bonchev–Trinajstić information content (AvgIpc) is 3.15. The second kappa shape index (κ2) is 7.63. The molecule has 2 N–H and O–H groups in total. The van der Waals surface area contributed by atoms with E-state index in [9.17, 15) is 15.0 Å². The molecule has 0 saturated heterocycles. The number of nitrogens with zero attached hydrogens (tertiary/aromatic N) is 1. The minimum atomic E-state index is -1.22. The van der Waals surface area contributed by atoms with Crippen molar-refractivity contribution in [3.8, 4) is 17.1 Å². The maximum atomic E-state index is 12.5. The molecule has 0 spiro atoms. The number of carbonyl (C=O) groups is 1. The predicted octanol–water partition coefficient (Wildman–Crippen LogP) is 3.85. The topological polar surface area (TPSA) is 92.8 Å². The maximum Gasteiger partial charge on any atom is 0.315 e. The molecular weight excluding hydrogens is 346 g/mol. The standard InChI is InChI=1S/C21H21NO5/c1-21(2,19(24)15-9-6-10-16(23)11-15)20(25)26-13-18-22-12-17(27-18)14-7-4-3-5-8-14/h3-12,19,23-24H,13H2,1-2H3/t19-/m0/s1. The highest BCUT2D eigenvalue weighted by Crippen LogP contribution is 2.35. The van der Waals surface area contributed by atoms with E-state index in [-0.39, 0.29) is 18.2 Å². The Morgan fingerprint density at radius 3 is 2.63 bits per heavy atom. The molecule has 6 nitrogen and oxygen atoms in total. The number of carbonyl (C=O) groups excluding carboxylic acids is 1. The number of aromatic nitrogens is 1. The van der Waals surface area contributed by atoms with Gasteiger partial charge in [-0.25, -0.2) is 4.98 Å². The molecule has 2 aromatic carbocycles. The number of ether oxygens (including phenoxy) is 1. The third kappa shape index (κ3) is 4.17. The molecule has 0 unspecified atom stereocenters. The van der Waals surface area contributed by atoms with Gasteiger partial charge in [-0.2, -0.15) is 0 Å². The Kier molecular flexibility index (Phi) is 5.28. The molecule has 1 aromatic heterocycles. The fraction of sp³-hybridized carbons (Fsp3) is 0.238. The number of phenolic OH excluding ortho intramolecular Hbond substituents is 1. The minimum Gasteiger partial charge on any atom is -0.508 e. The summed E-state index contributed by atoms with van der Waals surface area (Å²) in [6, 6.07) is 15.6. The summed E-state index contributed by atoms with van der Waals surface area (Å²) in [7, 11) is 0. The van der Waals surface area contributed by atoms with Crippen molar-refractivity contribution in [1.82, 2.24) is 4.98 Å². The Morgan fingerprint density at radius 1 is 1.19 bits per heavy atom. The van der Waals surface area contributed by atoms with Crippen molar-refractivity contribution in [1.29, 1.82) is 0 Å². The van der Waals surface area contributed by atoms with Crippen molar-refractivity contribution in [3.05, 3.63) is 72.2 Å². The van der Waals surface area contributed by atoms with E-state index in [2.05, 4.69) is 4.98 Å². The van der Waals surface area contributed by atoms with Gasteiger partial charge in [0.1, 0.15) is 5.75 Å². The van der Waals surface area contributed by atoms with Crippen LogP contribution in [-0.2, 0) is 16.1 Å². The van der Waals surface area contributed by atoms with Crippen LogP contribution in [0.4, 0.5) is 0 Å². The molecule has 27 heavy (non-hydrogen) atoms. The first-order valence-corrected chi connectivity index (χ1v) is 8.52. The highest BCUT2D eigenvalue weighted by molar-refractivity contribution is 5.77. The Labute approximate surface area is 157 Å². The number of aliphatic hydroxyl groups excluding tert-OH is 1. The zero-order valence-corrected chi connectivity index (χ0v) is 15.1. The highest BCUT2D eigenvalue weighted by atomic mass is 16.5. The number of aliphatic hydroxyl groups is 1. The minimum absolute atomic E-state index is 0.0175. The van der Waals surface area contributed by atoms with E-state index in [1.54, 1.807) is 32.2 Å². The first kappa shape index (κ1) is 18.7. The van der Waals surface area contributed by atoms with Crippen LogP contribution < -0.4 is 0 Å². The summed E-state index contributed by atoms with van der Waals surface area (Å²) in [4.78, 5) is 16.6. The summed E-state index contributed by atoms with van der Waals surface area (Å²) in [5.41, 5.74) is 0.0875. The van der Waals surface area contributed by atoms with E-state index < -0.39 is 17.5 Å². The molecule has 0 aliphatic rings. The van der Waals surface area contributed by atoms with Gasteiger partial charge >= 0.3 is 5.97 Å². The molecule has 0 bridgehead atoms. The summed E-state index contributed by atoms with van der Waals surface area (Å²) < 4.78 is 10.9. The Bertz CT molecular complexity index is 917. The number of esters is 1. The predicted molar refractivity (Wildman–Crippen MR) is 98.6 cm³/mol. The van der Waals surface area contributed by atoms with Crippen molar-refractivity contribution in [2.45, 2.75) is 26.6 Å². The molecule has 1 heterocycles. The van der Waals surface area contributed by atoms with Crippen LogP contribution in [0.3, 0.4) is 0 Å². The van der Waals surface area contributed by atoms with Crippen LogP contribution in [0.15, 0.2) is 65.2 Å². The Hall–Kier alpha value is -3.12. The maximum absolute atomic E-state index is 12.5. The van der Waals surface area contributed by atoms with Crippen molar-refractivity contribution in [2.24, 2.45) is 5.41 Å². The van der Waals surface area contributed by atoms with Gasteiger partial charge in [0, 0.05) is 5.56 Å². The fourth-order valence-electron chi connectivity index (χ4n) is 2.65. The molecule has 3 rings (SSSR count). The van der Waals surface area contributed by atoms with Crippen molar-refractivity contribution in [3.63, 3.8) is 0 Å². The monoisotopic (exact) mass is 367 g/mol. The van der Waals surface area contributed by atoms with E-state index in [1.807, 2.05) is 30.3 Å². The number of hydrogen-bond donors (Lipinski definition) is 2. The molecule has 0 radical (unpaired) electrons. The second-order valence-corrected chi connectivity index (χ2v) is 6.78. The van der Waals surface area contributed by atoms with Gasteiger partial charge in [-0.3, -0.25) is 4.79 Å². The molecule has 6 heteroatoms. The lowest BCUT2D eigenvalue weighted by Gasteiger charge is -2.28.